The number of aliphatic hydroxyl groups excluding tert-OH is 12. The Morgan fingerprint density at radius 3 is 1.12 bits per heavy atom. The van der Waals surface area contributed by atoms with Crippen LogP contribution < -0.4 is 26.6 Å². The van der Waals surface area contributed by atoms with Crippen molar-refractivity contribution >= 4 is 37.4 Å². The van der Waals surface area contributed by atoms with Crippen LogP contribution in [0.1, 0.15) is 102 Å². The molecule has 5 fully saturated rings. The molecule has 0 saturated carbocycles. The first-order valence-corrected chi connectivity index (χ1v) is 45.4. The van der Waals surface area contributed by atoms with Gasteiger partial charge in [0.25, 0.3) is 0 Å². The van der Waals surface area contributed by atoms with E-state index >= 15 is 4.79 Å². The third-order valence-electron chi connectivity index (χ3n) is 21.8. The summed E-state index contributed by atoms with van der Waals surface area (Å²) in [6.45, 7) is 4.79. The summed E-state index contributed by atoms with van der Waals surface area (Å²) in [6.07, 6.45) is -12.9. The number of ether oxygens (including phenoxy) is 14. The molecule has 0 spiro atoms. The quantitative estimate of drug-likeness (QED) is 0.0144. The average Bonchev–Trinajstić information content (AvgIpc) is 1.09. The summed E-state index contributed by atoms with van der Waals surface area (Å²) in [7, 11) is -3.06. The van der Waals surface area contributed by atoms with Crippen molar-refractivity contribution in [1.29, 1.82) is 0 Å². The molecule has 5 saturated heterocycles. The summed E-state index contributed by atoms with van der Waals surface area (Å²) in [4.78, 5) is 77.7. The van der Waals surface area contributed by atoms with E-state index in [1.54, 1.807) is 43.5 Å². The zero-order chi connectivity index (χ0) is 95.2. The van der Waals surface area contributed by atoms with Crippen LogP contribution in [0, 0.1) is 0 Å². The van der Waals surface area contributed by atoms with Crippen molar-refractivity contribution in [3.05, 3.63) is 47.6 Å². The van der Waals surface area contributed by atoms with Gasteiger partial charge in [-0.05, 0) is 32.2 Å². The maximum atomic E-state index is 15.2. The second-order valence-electron chi connectivity index (χ2n) is 32.1. The number of carbonyl (C=O) groups is 5. The van der Waals surface area contributed by atoms with Crippen LogP contribution in [0.25, 0.3) is 0 Å². The van der Waals surface area contributed by atoms with Gasteiger partial charge in [0.2, 0.25) is 29.5 Å². The predicted molar refractivity (Wildman–Crippen MR) is 443 cm³/mol. The normalized spacial score (nSPS) is 28.2. The number of rotatable bonds is 62. The Balaban J connectivity index is 0.893. The summed E-state index contributed by atoms with van der Waals surface area (Å²) < 4.78 is 110. The second-order valence-corrected chi connectivity index (χ2v) is 33.5. The fourth-order valence-corrected chi connectivity index (χ4v) is 16.1. The van der Waals surface area contributed by atoms with Gasteiger partial charge in [0.15, 0.2) is 31.5 Å². The lowest BCUT2D eigenvalue weighted by molar-refractivity contribution is -0.272. The molecule has 4 aromatic rings. The number of methoxy groups -OCH3 is 1. The summed E-state index contributed by atoms with van der Waals surface area (Å²) in [5.74, 6) is -2.41. The van der Waals surface area contributed by atoms with E-state index in [1.807, 2.05) is 4.90 Å². The van der Waals surface area contributed by atoms with E-state index in [9.17, 15) is 89.9 Å². The van der Waals surface area contributed by atoms with E-state index in [1.165, 1.54) is 34.8 Å². The number of hydrogen-bond acceptors (Lipinski definition) is 44. The van der Waals surface area contributed by atoms with Gasteiger partial charge < -0.3 is 159 Å². The van der Waals surface area contributed by atoms with Crippen molar-refractivity contribution in [2.75, 3.05) is 139 Å². The lowest BCUT2D eigenvalue weighted by atomic mass is 9.97. The number of phosphoric ester groups is 1. The molecule has 4 aromatic heterocycles. The molecule has 0 bridgehead atoms. The lowest BCUT2D eigenvalue weighted by Crippen LogP contribution is -2.64. The number of carbonyl (C=O) groups excluding carboxylic acids is 5. The van der Waals surface area contributed by atoms with Crippen LogP contribution in [-0.4, -0.2) is 446 Å². The minimum atomic E-state index is -4.46. The number of unbranched alkanes of at least 4 members (excludes halogenated alkanes) is 4. The largest absolute Gasteiger partial charge is 0.472 e. The monoisotopic (exact) mass is 1910 g/mol. The molecule has 5 aliphatic rings. The van der Waals surface area contributed by atoms with Crippen LogP contribution >= 0.6 is 7.82 Å². The van der Waals surface area contributed by atoms with Crippen LogP contribution in [0.3, 0.4) is 0 Å². The van der Waals surface area contributed by atoms with E-state index in [0.29, 0.717) is 74.3 Å². The molecule has 0 radical (unpaired) electrons. The second kappa shape index (κ2) is 56.6. The van der Waals surface area contributed by atoms with Crippen LogP contribution in [0.5, 0.6) is 0 Å². The van der Waals surface area contributed by atoms with Gasteiger partial charge in [0.05, 0.1) is 174 Å². The Kier molecular flexibility index (Phi) is 46.5. The maximum absolute atomic E-state index is 15.2. The minimum absolute atomic E-state index is 0.000419. The minimum Gasteiger partial charge on any atom is -0.394 e. The molecule has 18 N–H and O–H groups in total. The molecule has 132 heavy (non-hydrogen) atoms. The van der Waals surface area contributed by atoms with Crippen LogP contribution in [0.2, 0.25) is 0 Å². The van der Waals surface area contributed by atoms with Crippen molar-refractivity contribution in [2.45, 2.75) is 272 Å². The molecule has 5 aliphatic heterocycles. The predicted octanol–water partition coefficient (Wildman–Crippen LogP) is -9.22. The summed E-state index contributed by atoms with van der Waals surface area (Å²) in [6, 6.07) is -5.51. The molecule has 0 aliphatic carbocycles. The number of phosphoric acid groups is 1. The van der Waals surface area contributed by atoms with E-state index in [-0.39, 0.29) is 164 Å². The van der Waals surface area contributed by atoms with Crippen molar-refractivity contribution in [2.24, 2.45) is 0 Å². The molecular weight excluding hydrogens is 1780 g/mol. The highest BCUT2D eigenvalue weighted by Crippen LogP contribution is 2.47. The SMILES string of the molecule is CO[C@H]1OCCC1OP(=O)(O)OCCCCCCNC(=O)[C@H](CCCCN(Cc1cn(CCOCCO[C@@H]2O[C@H](CO)[C@H](O)[C@H](O)[C@H]2NC(C)=O)nn1)Cc1cn(CCOCCO[C@@H]2O[C@H](CO)[C@H](O)[C@H](O)[C@H]2NC(C)=O)nn1)N(Cc1cn(CCOCCO[C@@H]2O[C@H](CO)[C@H](O)[C@H](O)[C@H]2NC(C)=O)nn1)Cc1cn(CCOCCO[C@@H]2O[C@H](CO)[C@H](O)[C@H](O)[C@H]2NC(C)=O)nn1. The third-order valence-corrected chi connectivity index (χ3v) is 22.9. The number of nitrogens with zero attached hydrogens (tertiary/aromatic N) is 14. The topological polar surface area (TPSA) is 703 Å². The first kappa shape index (κ1) is 109. The fourth-order valence-electron chi connectivity index (χ4n) is 15.1. The van der Waals surface area contributed by atoms with Crippen molar-refractivity contribution in [3.63, 3.8) is 0 Å². The Morgan fingerprint density at radius 2 is 0.788 bits per heavy atom. The Morgan fingerprint density at radius 1 is 0.447 bits per heavy atom. The smallest absolute Gasteiger partial charge is 0.394 e. The summed E-state index contributed by atoms with van der Waals surface area (Å²) in [5.41, 5.74) is 1.99. The molecular formula is C77H132N19O35P. The van der Waals surface area contributed by atoms with E-state index in [4.69, 9.17) is 75.4 Å². The van der Waals surface area contributed by atoms with E-state index in [2.05, 4.69) is 72.7 Å². The third kappa shape index (κ3) is 34.9. The highest BCUT2D eigenvalue weighted by atomic mass is 31.2. The van der Waals surface area contributed by atoms with Crippen LogP contribution in [-0.2, 0) is 156 Å². The van der Waals surface area contributed by atoms with Crippen molar-refractivity contribution in [1.82, 2.24) is 96.4 Å². The summed E-state index contributed by atoms with van der Waals surface area (Å²) >= 11 is 0. The van der Waals surface area contributed by atoms with Gasteiger partial charge in [-0.1, -0.05) is 40.1 Å². The Bertz CT molecular complexity index is 3860. The fraction of sp³-hybridized carbons (Fsp3) is 0.831. The van der Waals surface area contributed by atoms with Crippen molar-refractivity contribution in [3.8, 4) is 0 Å². The molecule has 24 atom stereocenters. The van der Waals surface area contributed by atoms with Gasteiger partial charge in [-0.15, -0.1) is 20.4 Å². The highest BCUT2D eigenvalue weighted by molar-refractivity contribution is 7.47. The molecule has 9 rings (SSSR count). The molecule has 0 aromatic carbocycles. The maximum Gasteiger partial charge on any atom is 0.472 e. The van der Waals surface area contributed by atoms with E-state index < -0.39 is 199 Å². The Labute approximate surface area is 760 Å². The Hall–Kier alpha value is -7.10. The van der Waals surface area contributed by atoms with Gasteiger partial charge in [-0.25, -0.2) is 23.3 Å². The molecule has 5 amide bonds. The lowest BCUT2D eigenvalue weighted by Gasteiger charge is -2.42. The van der Waals surface area contributed by atoms with Crippen LogP contribution in [0.15, 0.2) is 24.8 Å². The van der Waals surface area contributed by atoms with Gasteiger partial charge in [0, 0.05) is 98.7 Å². The number of hydrogen-bond donors (Lipinski definition) is 18. The van der Waals surface area contributed by atoms with Crippen molar-refractivity contribution < 1.29 is 170 Å². The van der Waals surface area contributed by atoms with Crippen LogP contribution in [0.4, 0.5) is 0 Å². The number of nitrogens with one attached hydrogen (secondary N) is 5. The van der Waals surface area contributed by atoms with Gasteiger partial charge >= 0.3 is 7.82 Å². The van der Waals surface area contributed by atoms with Gasteiger partial charge in [-0.2, -0.15) is 0 Å². The number of aromatic nitrogens is 12. The molecule has 2 unspecified atom stereocenters. The first-order chi connectivity index (χ1) is 63.5. The molecule has 54 nitrogen and oxygen atoms in total. The zero-order valence-corrected chi connectivity index (χ0v) is 75.4. The summed E-state index contributed by atoms with van der Waals surface area (Å²) in [5, 5.41) is 173. The average molecular weight is 1910 g/mol. The van der Waals surface area contributed by atoms with E-state index in [0.717, 1.165) is 0 Å². The zero-order valence-electron chi connectivity index (χ0n) is 74.5. The molecule has 9 heterocycles. The number of amides is 5. The standard InChI is InChI=1S/C77H132N19O35P/c1-46(101)79-60-68(109)64(105)56(42-97)127-74(60)122-30-26-117-22-16-93-38-50(83-87-93)34-91(35-51-39-94(88-84-51)17-23-118-27-31-123-75-61(80-47(2)102)69(110)65(106)57(43-98)128-75)15-10-8-12-54(72(113)78-14-9-6-7-11-20-126-132(114,115)131-55-13-21-121-73(55)116-5)92(36-52-40-95(89-85-52)18-24-119-28-32-124-76-62(81-48(3)103)70(111)66(107)58(44-99)129-76)37-53-41-96(90-86-53)19-25-120-29-33-125-77-63(82-49(4)104)71(112)67(108)59(45-100)130-77/h38-41,54-71,73-77,97-100,105-112H,6-37,42-45H2,1-5H3,(H,78,113)(H,79,101)(H,80,102)(H,81,103)(H,82,104)(H,114,115)/t54-,55?,56+,57+,58+,59+,60+,61+,62+,63+,64-,65-,66-,67-,68+,69+,70+,71+,73-,74+,75+,76+,77+/m0/s1. The van der Waals surface area contributed by atoms with Gasteiger partial charge in [0.1, 0.15) is 104 Å². The highest BCUT2D eigenvalue weighted by Gasteiger charge is 2.50. The van der Waals surface area contributed by atoms with Gasteiger partial charge in [-0.3, -0.25) is 42.8 Å². The molecule has 55 heteroatoms. The number of aliphatic hydroxyl groups is 12. The molecule has 750 valence electrons. The first-order valence-electron chi connectivity index (χ1n) is 43.9.